The molecule has 0 aromatic heterocycles. The molecule has 3 rings (SSSR count). The van der Waals surface area contributed by atoms with Crippen molar-refractivity contribution in [2.45, 2.75) is 49.8 Å². The van der Waals surface area contributed by atoms with Crippen molar-refractivity contribution in [1.82, 2.24) is 9.96 Å². The quantitative estimate of drug-likeness (QED) is 0.644. The van der Waals surface area contributed by atoms with Gasteiger partial charge in [-0.2, -0.15) is 0 Å². The van der Waals surface area contributed by atoms with E-state index in [1.165, 1.54) is 17.9 Å². The molecule has 3 aliphatic rings. The lowest BCUT2D eigenvalue weighted by molar-refractivity contribution is -0.204. The van der Waals surface area contributed by atoms with E-state index in [0.717, 1.165) is 12.8 Å². The van der Waals surface area contributed by atoms with E-state index in [9.17, 15) is 4.79 Å². The Labute approximate surface area is 102 Å². The number of carbonyl (C=O) groups excluding carboxylic acids is 1. The van der Waals surface area contributed by atoms with Crippen molar-refractivity contribution in [3.8, 4) is 0 Å². The minimum Gasteiger partial charge on any atom is -0.300 e. The smallest absolute Gasteiger partial charge is 0.248 e. The molecule has 16 heavy (non-hydrogen) atoms. The Bertz CT molecular complexity index is 296. The molecule has 0 N–H and O–H groups in total. The van der Waals surface area contributed by atoms with Crippen molar-refractivity contribution in [3.63, 3.8) is 0 Å². The lowest BCUT2D eigenvalue weighted by Gasteiger charge is -2.41. The third kappa shape index (κ3) is 1.63. The van der Waals surface area contributed by atoms with Gasteiger partial charge in [-0.25, -0.2) is 5.06 Å². The first-order valence-electron chi connectivity index (χ1n) is 5.77. The molecule has 0 saturated carbocycles. The number of hydroxylamine groups is 2. The zero-order chi connectivity index (χ0) is 10.6. The predicted molar refractivity (Wildman–Crippen MR) is 62.3 cm³/mol. The first kappa shape index (κ1) is 12.1. The molecule has 3 heterocycles. The fourth-order valence-corrected chi connectivity index (χ4v) is 3.50. The first-order chi connectivity index (χ1) is 7.10. The maximum atomic E-state index is 11.6. The van der Waals surface area contributed by atoms with Gasteiger partial charge in [-0.3, -0.25) is 9.63 Å². The van der Waals surface area contributed by atoms with E-state index < -0.39 is 0 Å². The summed E-state index contributed by atoms with van der Waals surface area (Å²) in [4.78, 5) is 19.8. The number of rotatable bonds is 0. The van der Waals surface area contributed by atoms with Crippen LogP contribution >= 0.6 is 12.4 Å². The summed E-state index contributed by atoms with van der Waals surface area (Å²) in [7, 11) is 3.94. The summed E-state index contributed by atoms with van der Waals surface area (Å²) in [5.74, 6) is 0.138. The number of fused-ring (bicyclic) bond motifs is 2. The molecule has 1 unspecified atom stereocenters. The van der Waals surface area contributed by atoms with Crippen molar-refractivity contribution < 1.29 is 9.63 Å². The Balaban J connectivity index is 0.000000963. The van der Waals surface area contributed by atoms with Crippen LogP contribution in [0.3, 0.4) is 0 Å². The van der Waals surface area contributed by atoms with Crippen molar-refractivity contribution >= 4 is 18.3 Å². The first-order valence-corrected chi connectivity index (χ1v) is 5.77. The topological polar surface area (TPSA) is 32.8 Å². The van der Waals surface area contributed by atoms with E-state index in [2.05, 4.69) is 11.9 Å². The van der Waals surface area contributed by atoms with Gasteiger partial charge in [0.2, 0.25) is 5.91 Å². The summed E-state index contributed by atoms with van der Waals surface area (Å²) in [6.45, 7) is 0. The van der Waals surface area contributed by atoms with E-state index in [0.29, 0.717) is 18.5 Å². The summed E-state index contributed by atoms with van der Waals surface area (Å²) in [5, 5.41) is 1.44. The largest absolute Gasteiger partial charge is 0.300 e. The van der Waals surface area contributed by atoms with E-state index in [1.807, 2.05) is 0 Å². The molecule has 0 radical (unpaired) electrons. The van der Waals surface area contributed by atoms with Gasteiger partial charge in [-0.1, -0.05) is 0 Å². The highest BCUT2D eigenvalue weighted by Gasteiger charge is 2.53. The molecule has 92 valence electrons. The number of carbonyl (C=O) groups is 1. The number of hydrogen-bond acceptors (Lipinski definition) is 3. The molecule has 3 atom stereocenters. The van der Waals surface area contributed by atoms with E-state index >= 15 is 0 Å². The Morgan fingerprint density at radius 3 is 2.25 bits per heavy atom. The molecular weight excluding hydrogens is 228 g/mol. The van der Waals surface area contributed by atoms with E-state index in [-0.39, 0.29) is 23.9 Å². The van der Waals surface area contributed by atoms with Crippen molar-refractivity contribution in [2.24, 2.45) is 0 Å². The minimum absolute atomic E-state index is 0. The Hall–Kier alpha value is -0.320. The second-order valence-corrected chi connectivity index (χ2v) is 5.30. The van der Waals surface area contributed by atoms with Crippen LogP contribution < -0.4 is 0 Å². The molecule has 1 spiro atoms. The molecule has 3 saturated heterocycles. The third-order valence-electron chi connectivity index (χ3n) is 4.36. The lowest BCUT2D eigenvalue weighted by Crippen LogP contribution is -2.49. The summed E-state index contributed by atoms with van der Waals surface area (Å²) >= 11 is 0. The van der Waals surface area contributed by atoms with Gasteiger partial charge in [0.15, 0.2) is 0 Å². The van der Waals surface area contributed by atoms with Crippen LogP contribution in [0.4, 0.5) is 0 Å². The molecule has 3 aliphatic heterocycles. The molecular formula is C11H19ClN2O2. The highest BCUT2D eigenvalue weighted by atomic mass is 35.5. The Kier molecular flexibility index (Phi) is 2.93. The molecule has 5 heteroatoms. The fraction of sp³-hybridized carbons (Fsp3) is 0.909. The van der Waals surface area contributed by atoms with Gasteiger partial charge >= 0.3 is 0 Å². The standard InChI is InChI=1S/C11H18N2O2.ClH/c1-12-8-3-4-9(12)6-11(5-8)7-10(14)13(2)15-11;/h8-9H,3-7H2,1-2H3;1H/t8-,9+,11?;. The summed E-state index contributed by atoms with van der Waals surface area (Å²) in [6.07, 6.45) is 5.17. The SMILES string of the molecule is CN1OC2(CC1=O)C[C@H]1CC[C@@H](C2)N1C.Cl. The molecule has 0 aliphatic carbocycles. The van der Waals surface area contributed by atoms with Crippen LogP contribution in [0.2, 0.25) is 0 Å². The second-order valence-electron chi connectivity index (χ2n) is 5.30. The third-order valence-corrected chi connectivity index (χ3v) is 4.36. The number of nitrogens with zero attached hydrogens (tertiary/aromatic N) is 2. The van der Waals surface area contributed by atoms with Gasteiger partial charge in [0.25, 0.3) is 0 Å². The normalized spacial score (nSPS) is 42.9. The minimum atomic E-state index is -0.163. The highest BCUT2D eigenvalue weighted by Crippen LogP contribution is 2.45. The average molecular weight is 247 g/mol. The number of halogens is 1. The van der Waals surface area contributed by atoms with E-state index in [4.69, 9.17) is 4.84 Å². The van der Waals surface area contributed by atoms with Gasteiger partial charge in [-0.05, 0) is 32.7 Å². The number of piperidine rings is 1. The highest BCUT2D eigenvalue weighted by molar-refractivity contribution is 5.85. The number of amides is 1. The molecule has 1 amide bonds. The maximum absolute atomic E-state index is 11.6. The average Bonchev–Trinajstić information content (AvgIpc) is 2.57. The van der Waals surface area contributed by atoms with Crippen LogP contribution in [0.1, 0.15) is 32.1 Å². The van der Waals surface area contributed by atoms with Crippen LogP contribution in [-0.4, -0.2) is 47.7 Å². The van der Waals surface area contributed by atoms with E-state index in [1.54, 1.807) is 7.05 Å². The molecule has 2 bridgehead atoms. The lowest BCUT2D eigenvalue weighted by atomic mass is 9.84. The summed E-state index contributed by atoms with van der Waals surface area (Å²) in [6, 6.07) is 1.26. The molecule has 0 aromatic carbocycles. The van der Waals surface area contributed by atoms with Crippen LogP contribution in [-0.2, 0) is 9.63 Å². The maximum Gasteiger partial charge on any atom is 0.248 e. The monoisotopic (exact) mass is 246 g/mol. The van der Waals surface area contributed by atoms with Gasteiger partial charge in [0, 0.05) is 19.1 Å². The second kappa shape index (κ2) is 3.86. The van der Waals surface area contributed by atoms with Crippen LogP contribution in [0.5, 0.6) is 0 Å². The number of hydrogen-bond donors (Lipinski definition) is 0. The van der Waals surface area contributed by atoms with Crippen molar-refractivity contribution in [2.75, 3.05) is 14.1 Å². The van der Waals surface area contributed by atoms with Crippen LogP contribution in [0.25, 0.3) is 0 Å². The molecule has 4 nitrogen and oxygen atoms in total. The zero-order valence-corrected chi connectivity index (χ0v) is 10.6. The van der Waals surface area contributed by atoms with Gasteiger partial charge in [-0.15, -0.1) is 12.4 Å². The van der Waals surface area contributed by atoms with Gasteiger partial charge < -0.3 is 4.90 Å². The molecule has 0 aromatic rings. The van der Waals surface area contributed by atoms with Crippen LogP contribution in [0, 0.1) is 0 Å². The fourth-order valence-electron chi connectivity index (χ4n) is 3.50. The summed E-state index contributed by atoms with van der Waals surface area (Å²) in [5.41, 5.74) is -0.163. The van der Waals surface area contributed by atoms with Gasteiger partial charge in [0.1, 0.15) is 5.60 Å². The Morgan fingerprint density at radius 2 is 1.81 bits per heavy atom. The van der Waals surface area contributed by atoms with Crippen molar-refractivity contribution in [3.05, 3.63) is 0 Å². The van der Waals surface area contributed by atoms with Crippen molar-refractivity contribution in [1.29, 1.82) is 0 Å². The van der Waals surface area contributed by atoms with Crippen LogP contribution in [0.15, 0.2) is 0 Å². The Morgan fingerprint density at radius 1 is 1.25 bits per heavy atom. The molecule has 3 fully saturated rings. The summed E-state index contributed by atoms with van der Waals surface area (Å²) < 4.78 is 0. The zero-order valence-electron chi connectivity index (χ0n) is 9.81. The van der Waals surface area contributed by atoms with Gasteiger partial charge in [0.05, 0.1) is 6.42 Å². The predicted octanol–water partition coefficient (Wildman–Crippen LogP) is 1.20.